The van der Waals surface area contributed by atoms with Gasteiger partial charge in [-0.15, -0.1) is 0 Å². The zero-order valence-electron chi connectivity index (χ0n) is 18.8. The van der Waals surface area contributed by atoms with Crippen molar-refractivity contribution in [3.63, 3.8) is 0 Å². The molecule has 1 N–H and O–H groups in total. The fraction of sp³-hybridized carbons (Fsp3) is 0.308. The highest BCUT2D eigenvalue weighted by atomic mass is 16.5. The number of ether oxygens (including phenoxy) is 2. The number of nitrogens with one attached hydrogen (secondary N) is 1. The number of amides is 3. The molecule has 0 spiro atoms. The first-order valence-corrected chi connectivity index (χ1v) is 11.1. The van der Waals surface area contributed by atoms with Crippen LogP contribution < -0.4 is 15.0 Å². The molecule has 1 aliphatic heterocycles. The number of para-hydroxylation sites is 2. The number of methoxy groups -OCH3 is 1. The van der Waals surface area contributed by atoms with E-state index in [4.69, 9.17) is 9.47 Å². The van der Waals surface area contributed by atoms with Crippen molar-refractivity contribution in [2.75, 3.05) is 23.9 Å². The lowest BCUT2D eigenvalue weighted by atomic mass is 9.82. The lowest BCUT2D eigenvalue weighted by Crippen LogP contribution is -2.33. The van der Waals surface area contributed by atoms with Crippen molar-refractivity contribution < 1.29 is 28.7 Å². The molecule has 0 aromatic heterocycles. The Morgan fingerprint density at radius 3 is 2.62 bits per heavy atom. The molecule has 3 aliphatic rings. The van der Waals surface area contributed by atoms with Crippen LogP contribution in [0.2, 0.25) is 0 Å². The van der Waals surface area contributed by atoms with Gasteiger partial charge in [0.15, 0.2) is 6.61 Å². The number of benzene rings is 2. The lowest BCUT2D eigenvalue weighted by Gasteiger charge is -2.19. The van der Waals surface area contributed by atoms with Crippen molar-refractivity contribution in [1.29, 1.82) is 0 Å². The maximum atomic E-state index is 13.2. The highest BCUT2D eigenvalue weighted by Gasteiger charge is 2.60. The maximum Gasteiger partial charge on any atom is 0.338 e. The normalized spacial score (nSPS) is 24.6. The van der Waals surface area contributed by atoms with E-state index in [0.717, 1.165) is 6.42 Å². The molecule has 1 heterocycles. The number of carbonyl (C=O) groups excluding carboxylic acids is 4. The molecule has 174 valence electrons. The second-order valence-corrected chi connectivity index (χ2v) is 8.86. The van der Waals surface area contributed by atoms with E-state index in [-0.39, 0.29) is 41.0 Å². The largest absolute Gasteiger partial charge is 0.495 e. The van der Waals surface area contributed by atoms with Gasteiger partial charge in [0, 0.05) is 0 Å². The van der Waals surface area contributed by atoms with Crippen LogP contribution in [0.4, 0.5) is 11.4 Å². The Hall–Kier alpha value is -3.94. The topological polar surface area (TPSA) is 102 Å². The van der Waals surface area contributed by atoms with Crippen LogP contribution in [-0.4, -0.2) is 37.4 Å². The second kappa shape index (κ2) is 8.44. The Balaban J connectivity index is 1.26. The molecular formula is C26H24N2O6. The molecule has 5 rings (SSSR count). The minimum absolute atomic E-state index is 0.103. The summed E-state index contributed by atoms with van der Waals surface area (Å²) < 4.78 is 10.3. The van der Waals surface area contributed by atoms with Gasteiger partial charge in [-0.05, 0) is 55.5 Å². The van der Waals surface area contributed by atoms with Crippen molar-refractivity contribution in [1.82, 2.24) is 0 Å². The van der Waals surface area contributed by atoms with Crippen LogP contribution in [0.5, 0.6) is 5.75 Å². The second-order valence-electron chi connectivity index (χ2n) is 8.86. The van der Waals surface area contributed by atoms with E-state index >= 15 is 0 Å². The van der Waals surface area contributed by atoms with Gasteiger partial charge in [0.2, 0.25) is 11.8 Å². The van der Waals surface area contributed by atoms with Gasteiger partial charge in [-0.2, -0.15) is 0 Å². The van der Waals surface area contributed by atoms with Gasteiger partial charge >= 0.3 is 5.97 Å². The number of hydrogen-bond acceptors (Lipinski definition) is 6. The van der Waals surface area contributed by atoms with Crippen LogP contribution in [-0.2, 0) is 19.1 Å². The van der Waals surface area contributed by atoms with Gasteiger partial charge in [-0.3, -0.25) is 14.4 Å². The molecular weight excluding hydrogens is 436 g/mol. The van der Waals surface area contributed by atoms with E-state index in [1.807, 2.05) is 6.92 Å². The van der Waals surface area contributed by atoms with Gasteiger partial charge in [-0.1, -0.05) is 29.8 Å². The molecule has 3 amide bonds. The van der Waals surface area contributed by atoms with Crippen molar-refractivity contribution in [3.05, 3.63) is 65.7 Å². The first kappa shape index (κ1) is 21.9. The molecule has 0 unspecified atom stereocenters. The highest BCUT2D eigenvalue weighted by molar-refractivity contribution is 6.23. The fourth-order valence-electron chi connectivity index (χ4n) is 5.45. The number of allylic oxidation sites excluding steroid dienone is 2. The van der Waals surface area contributed by atoms with Crippen molar-refractivity contribution in [3.8, 4) is 5.75 Å². The number of rotatable bonds is 6. The molecule has 0 radical (unpaired) electrons. The molecule has 1 saturated heterocycles. The molecule has 2 aromatic carbocycles. The SMILES string of the molecule is COc1ccccc1NC(=O)COC(=O)c1cccc(N2C(=O)[C@@H]3[C@H](C2=O)[C@H]2C=C(C)[C@H]3C2)c1. The Morgan fingerprint density at radius 1 is 1.06 bits per heavy atom. The Kier molecular flexibility index (Phi) is 5.43. The zero-order chi connectivity index (χ0) is 24.0. The smallest absolute Gasteiger partial charge is 0.338 e. The van der Waals surface area contributed by atoms with E-state index < -0.39 is 18.5 Å². The van der Waals surface area contributed by atoms with Crippen molar-refractivity contribution >= 4 is 35.1 Å². The molecule has 2 fully saturated rings. The molecule has 34 heavy (non-hydrogen) atoms. The van der Waals surface area contributed by atoms with E-state index in [0.29, 0.717) is 17.1 Å². The Morgan fingerprint density at radius 2 is 1.82 bits per heavy atom. The van der Waals surface area contributed by atoms with E-state index in [1.165, 1.54) is 29.7 Å². The average Bonchev–Trinajstić information content (AvgIpc) is 3.48. The van der Waals surface area contributed by atoms with Gasteiger partial charge in [0.1, 0.15) is 5.75 Å². The quantitative estimate of drug-likeness (QED) is 0.404. The van der Waals surface area contributed by atoms with E-state index in [9.17, 15) is 19.2 Å². The monoisotopic (exact) mass is 460 g/mol. The maximum absolute atomic E-state index is 13.2. The average molecular weight is 460 g/mol. The van der Waals surface area contributed by atoms with E-state index in [2.05, 4.69) is 11.4 Å². The number of anilines is 2. The summed E-state index contributed by atoms with van der Waals surface area (Å²) in [5, 5.41) is 2.63. The summed E-state index contributed by atoms with van der Waals surface area (Å²) in [4.78, 5) is 52.3. The number of nitrogens with zero attached hydrogens (tertiary/aromatic N) is 1. The summed E-state index contributed by atoms with van der Waals surface area (Å²) in [7, 11) is 1.49. The van der Waals surface area contributed by atoms with Gasteiger partial charge < -0.3 is 14.8 Å². The molecule has 4 atom stereocenters. The third-order valence-corrected chi connectivity index (χ3v) is 6.94. The minimum atomic E-state index is -0.728. The number of imide groups is 1. The fourth-order valence-corrected chi connectivity index (χ4v) is 5.45. The number of esters is 1. The van der Waals surface area contributed by atoms with Gasteiger partial charge in [0.25, 0.3) is 5.91 Å². The predicted molar refractivity (Wildman–Crippen MR) is 123 cm³/mol. The summed E-state index contributed by atoms with van der Waals surface area (Å²) in [5.41, 5.74) is 2.13. The minimum Gasteiger partial charge on any atom is -0.495 e. The Bertz CT molecular complexity index is 1240. The number of hydrogen-bond donors (Lipinski definition) is 1. The number of carbonyl (C=O) groups is 4. The summed E-state index contributed by atoms with van der Waals surface area (Å²) in [6, 6.07) is 13.1. The molecule has 8 heteroatoms. The Labute approximate surface area is 196 Å². The molecule has 2 aliphatic carbocycles. The highest BCUT2D eigenvalue weighted by Crippen LogP contribution is 2.55. The third kappa shape index (κ3) is 3.55. The first-order chi connectivity index (χ1) is 16.4. The van der Waals surface area contributed by atoms with Crippen molar-refractivity contribution in [2.24, 2.45) is 23.7 Å². The van der Waals surface area contributed by atoms with E-state index in [1.54, 1.807) is 36.4 Å². The molecule has 1 saturated carbocycles. The van der Waals surface area contributed by atoms with Crippen LogP contribution in [0.15, 0.2) is 60.2 Å². The van der Waals surface area contributed by atoms with Crippen molar-refractivity contribution in [2.45, 2.75) is 13.3 Å². The summed E-state index contributed by atoms with van der Waals surface area (Å²) in [6.07, 6.45) is 2.97. The third-order valence-electron chi connectivity index (χ3n) is 6.94. The predicted octanol–water partition coefficient (Wildman–Crippen LogP) is 3.19. The zero-order valence-corrected chi connectivity index (χ0v) is 18.8. The molecule has 2 aromatic rings. The summed E-state index contributed by atoms with van der Waals surface area (Å²) >= 11 is 0. The van der Waals surface area contributed by atoms with Crippen LogP contribution in [0, 0.1) is 23.7 Å². The molecule has 2 bridgehead atoms. The molecule has 8 nitrogen and oxygen atoms in total. The lowest BCUT2D eigenvalue weighted by molar-refractivity contribution is -0.123. The van der Waals surface area contributed by atoms with Crippen LogP contribution in [0.25, 0.3) is 0 Å². The van der Waals surface area contributed by atoms with Crippen LogP contribution >= 0.6 is 0 Å². The summed E-state index contributed by atoms with van der Waals surface area (Å²) in [6.45, 7) is 1.52. The summed E-state index contributed by atoms with van der Waals surface area (Å²) in [5.74, 6) is -1.62. The first-order valence-electron chi connectivity index (χ1n) is 11.1. The standard InChI is InChI=1S/C26H24N2O6/c1-14-10-16-12-18(14)23-22(16)24(30)28(25(23)31)17-7-5-6-15(11-17)26(32)34-13-21(29)27-19-8-3-4-9-20(19)33-2/h3-11,16,18,22-23H,12-13H2,1-2H3,(H,27,29)/t16-,18+,22+,23-/m0/s1. The van der Waals surface area contributed by atoms with Crippen LogP contribution in [0.3, 0.4) is 0 Å². The van der Waals surface area contributed by atoms with Gasteiger partial charge in [0.05, 0.1) is 35.9 Å². The van der Waals surface area contributed by atoms with Crippen LogP contribution in [0.1, 0.15) is 23.7 Å². The number of fused-ring (bicyclic) bond motifs is 5. The van der Waals surface area contributed by atoms with Gasteiger partial charge in [-0.25, -0.2) is 9.69 Å².